The van der Waals surface area contributed by atoms with Crippen molar-refractivity contribution in [2.75, 3.05) is 39.9 Å². The number of aromatic nitrogens is 2. The zero-order chi connectivity index (χ0) is 19.2. The van der Waals surface area contributed by atoms with Crippen LogP contribution in [-0.2, 0) is 6.54 Å². The summed E-state index contributed by atoms with van der Waals surface area (Å²) in [5.74, 6) is 1.47. The van der Waals surface area contributed by atoms with Gasteiger partial charge in [0.15, 0.2) is 0 Å². The Morgan fingerprint density at radius 2 is 2.07 bits per heavy atom. The van der Waals surface area contributed by atoms with E-state index in [-0.39, 0.29) is 6.61 Å². The molecule has 1 fully saturated rings. The summed E-state index contributed by atoms with van der Waals surface area (Å²) in [6, 6.07) is 8.34. The number of hydrogen-bond donors (Lipinski definition) is 1. The largest absolute Gasteiger partial charge is 0.494 e. The highest BCUT2D eigenvalue weighted by atomic mass is 16.5. The van der Waals surface area contributed by atoms with Crippen molar-refractivity contribution in [2.45, 2.75) is 32.9 Å². The Morgan fingerprint density at radius 3 is 2.81 bits per heavy atom. The van der Waals surface area contributed by atoms with Gasteiger partial charge in [0, 0.05) is 57.1 Å². The lowest BCUT2D eigenvalue weighted by atomic mass is 10.1. The minimum atomic E-state index is 0.249. The third kappa shape index (κ3) is 5.09. The van der Waals surface area contributed by atoms with E-state index >= 15 is 0 Å². The van der Waals surface area contributed by atoms with Crippen molar-refractivity contribution in [1.82, 2.24) is 19.6 Å². The van der Waals surface area contributed by atoms with Crippen LogP contribution in [0.1, 0.15) is 25.8 Å². The number of piperazine rings is 1. The molecule has 0 radical (unpaired) electrons. The summed E-state index contributed by atoms with van der Waals surface area (Å²) < 4.78 is 7.33. The van der Waals surface area contributed by atoms with Crippen LogP contribution in [-0.4, -0.2) is 70.6 Å². The van der Waals surface area contributed by atoms with Gasteiger partial charge in [0.1, 0.15) is 11.4 Å². The summed E-state index contributed by atoms with van der Waals surface area (Å²) in [5, 5.41) is 14.0. The van der Waals surface area contributed by atoms with Crippen LogP contribution in [0.2, 0.25) is 0 Å². The highest BCUT2D eigenvalue weighted by molar-refractivity contribution is 5.46. The molecule has 1 aliphatic rings. The number of nitrogens with zero attached hydrogens (tertiary/aromatic N) is 4. The number of methoxy groups -OCH3 is 1. The fraction of sp³-hybridized carbons (Fsp3) is 0.571. The SMILES string of the molecule is COc1ccccc1-n1cc(CN2CCN(CC(C)C)[C@H](CCO)C2)cn1. The summed E-state index contributed by atoms with van der Waals surface area (Å²) in [7, 11) is 1.68. The third-order valence-electron chi connectivity index (χ3n) is 5.13. The topological polar surface area (TPSA) is 53.8 Å². The number of para-hydroxylation sites is 2. The fourth-order valence-corrected chi connectivity index (χ4v) is 3.88. The van der Waals surface area contributed by atoms with Crippen molar-refractivity contribution < 1.29 is 9.84 Å². The fourth-order valence-electron chi connectivity index (χ4n) is 3.88. The average Bonchev–Trinajstić information content (AvgIpc) is 3.12. The van der Waals surface area contributed by atoms with Crippen molar-refractivity contribution in [3.05, 3.63) is 42.2 Å². The summed E-state index contributed by atoms with van der Waals surface area (Å²) >= 11 is 0. The number of aliphatic hydroxyl groups excluding tert-OH is 1. The molecule has 2 heterocycles. The van der Waals surface area contributed by atoms with Crippen LogP contribution in [0.25, 0.3) is 5.69 Å². The van der Waals surface area contributed by atoms with Crippen LogP contribution in [0.15, 0.2) is 36.7 Å². The second-order valence-electron chi connectivity index (χ2n) is 7.76. The lowest BCUT2D eigenvalue weighted by Crippen LogP contribution is -2.53. The summed E-state index contributed by atoms with van der Waals surface area (Å²) in [6.45, 7) is 9.85. The minimum absolute atomic E-state index is 0.249. The first-order valence-electron chi connectivity index (χ1n) is 9.85. The quantitative estimate of drug-likeness (QED) is 0.771. The molecule has 0 bridgehead atoms. The zero-order valence-corrected chi connectivity index (χ0v) is 16.7. The van der Waals surface area contributed by atoms with Crippen molar-refractivity contribution in [1.29, 1.82) is 0 Å². The molecule has 1 atom stereocenters. The molecule has 1 aromatic heterocycles. The van der Waals surface area contributed by atoms with Gasteiger partial charge in [-0.05, 0) is 24.5 Å². The van der Waals surface area contributed by atoms with E-state index in [2.05, 4.69) is 34.9 Å². The Bertz CT molecular complexity index is 716. The Labute approximate surface area is 162 Å². The van der Waals surface area contributed by atoms with E-state index in [1.54, 1.807) is 7.11 Å². The molecule has 6 heteroatoms. The normalized spacial score (nSPS) is 18.9. The van der Waals surface area contributed by atoms with Crippen molar-refractivity contribution in [3.63, 3.8) is 0 Å². The molecule has 0 saturated carbocycles. The molecule has 0 unspecified atom stereocenters. The molecule has 1 aromatic carbocycles. The molecule has 0 spiro atoms. The van der Waals surface area contributed by atoms with Crippen molar-refractivity contribution in [3.8, 4) is 11.4 Å². The van der Waals surface area contributed by atoms with E-state index in [4.69, 9.17) is 4.74 Å². The molecule has 148 valence electrons. The Kier molecular flexibility index (Phi) is 6.88. The Balaban J connectivity index is 1.65. The van der Waals surface area contributed by atoms with E-state index in [9.17, 15) is 5.11 Å². The van der Waals surface area contributed by atoms with Crippen LogP contribution < -0.4 is 4.74 Å². The summed E-state index contributed by atoms with van der Waals surface area (Å²) in [5.41, 5.74) is 2.15. The molecule has 3 rings (SSSR count). The summed E-state index contributed by atoms with van der Waals surface area (Å²) in [4.78, 5) is 5.01. The summed E-state index contributed by atoms with van der Waals surface area (Å²) in [6.07, 6.45) is 4.86. The molecule has 1 aliphatic heterocycles. The van der Waals surface area contributed by atoms with Crippen molar-refractivity contribution in [2.24, 2.45) is 5.92 Å². The van der Waals surface area contributed by atoms with Gasteiger partial charge >= 0.3 is 0 Å². The van der Waals surface area contributed by atoms with Gasteiger partial charge in [-0.25, -0.2) is 4.68 Å². The van der Waals surface area contributed by atoms with Gasteiger partial charge in [-0.3, -0.25) is 9.80 Å². The first-order chi connectivity index (χ1) is 13.1. The van der Waals surface area contributed by atoms with Gasteiger partial charge in [0.2, 0.25) is 0 Å². The predicted molar refractivity (Wildman–Crippen MR) is 107 cm³/mol. The number of aliphatic hydroxyl groups is 1. The first kappa shape index (κ1) is 19.9. The van der Waals surface area contributed by atoms with E-state index in [1.807, 2.05) is 35.1 Å². The maximum atomic E-state index is 9.45. The molecular formula is C21H32N4O2. The maximum Gasteiger partial charge on any atom is 0.144 e. The van der Waals surface area contributed by atoms with Crippen LogP contribution >= 0.6 is 0 Å². The molecule has 1 N–H and O–H groups in total. The van der Waals surface area contributed by atoms with Gasteiger partial charge in [-0.15, -0.1) is 0 Å². The van der Waals surface area contributed by atoms with Crippen molar-refractivity contribution >= 4 is 0 Å². The van der Waals surface area contributed by atoms with Crippen LogP contribution in [0.3, 0.4) is 0 Å². The zero-order valence-electron chi connectivity index (χ0n) is 16.7. The van der Waals surface area contributed by atoms with Crippen LogP contribution in [0.5, 0.6) is 5.75 Å². The molecule has 0 aliphatic carbocycles. The maximum absolute atomic E-state index is 9.45. The molecule has 6 nitrogen and oxygen atoms in total. The monoisotopic (exact) mass is 372 g/mol. The van der Waals surface area contributed by atoms with Gasteiger partial charge < -0.3 is 9.84 Å². The van der Waals surface area contributed by atoms with E-state index in [0.717, 1.165) is 50.6 Å². The van der Waals surface area contributed by atoms with Gasteiger partial charge in [-0.1, -0.05) is 26.0 Å². The van der Waals surface area contributed by atoms with E-state index < -0.39 is 0 Å². The van der Waals surface area contributed by atoms with Gasteiger partial charge in [0.05, 0.1) is 13.3 Å². The smallest absolute Gasteiger partial charge is 0.144 e. The lowest BCUT2D eigenvalue weighted by molar-refractivity contribution is 0.0477. The molecule has 0 amide bonds. The molecular weight excluding hydrogens is 340 g/mol. The highest BCUT2D eigenvalue weighted by Crippen LogP contribution is 2.22. The number of hydrogen-bond acceptors (Lipinski definition) is 5. The second kappa shape index (κ2) is 9.35. The van der Waals surface area contributed by atoms with Gasteiger partial charge in [-0.2, -0.15) is 5.10 Å². The highest BCUT2D eigenvalue weighted by Gasteiger charge is 2.27. The molecule has 2 aromatic rings. The Morgan fingerprint density at radius 1 is 1.26 bits per heavy atom. The first-order valence-corrected chi connectivity index (χ1v) is 9.85. The number of benzene rings is 1. The average molecular weight is 373 g/mol. The van der Waals surface area contributed by atoms with Crippen LogP contribution in [0.4, 0.5) is 0 Å². The van der Waals surface area contributed by atoms with E-state index in [1.165, 1.54) is 5.56 Å². The number of ether oxygens (including phenoxy) is 1. The molecule has 1 saturated heterocycles. The Hall–Kier alpha value is -1.89. The third-order valence-corrected chi connectivity index (χ3v) is 5.13. The standard InChI is InChI=1S/C21H32N4O2/c1-17(2)13-24-10-9-23(16-19(24)8-11-26)14-18-12-22-25(15-18)20-6-4-5-7-21(20)27-3/h4-7,12,15,17,19,26H,8-11,13-14,16H2,1-3H3/t19-/m1/s1. The minimum Gasteiger partial charge on any atom is -0.494 e. The van der Waals surface area contributed by atoms with Crippen LogP contribution in [0, 0.1) is 5.92 Å². The van der Waals surface area contributed by atoms with Gasteiger partial charge in [0.25, 0.3) is 0 Å². The number of rotatable bonds is 8. The molecule has 27 heavy (non-hydrogen) atoms. The van der Waals surface area contributed by atoms with E-state index in [0.29, 0.717) is 12.0 Å². The second-order valence-corrected chi connectivity index (χ2v) is 7.76. The predicted octanol–water partition coefficient (Wildman–Crippen LogP) is 2.41. The lowest BCUT2D eigenvalue weighted by Gasteiger charge is -2.42.